The molecule has 0 radical (unpaired) electrons. The highest BCUT2D eigenvalue weighted by molar-refractivity contribution is 9.10. The fraction of sp³-hybridized carbons (Fsp3) is 0.667. The molecule has 0 amide bonds. The van der Waals surface area contributed by atoms with Crippen molar-refractivity contribution < 1.29 is 4.74 Å². The van der Waals surface area contributed by atoms with Gasteiger partial charge in [0.2, 0.25) is 0 Å². The zero-order valence-electron chi connectivity index (χ0n) is 14.3. The van der Waals surface area contributed by atoms with E-state index < -0.39 is 0 Å². The Morgan fingerprint density at radius 2 is 1.79 bits per heavy atom. The van der Waals surface area contributed by atoms with Gasteiger partial charge in [-0.3, -0.25) is 4.90 Å². The Balaban J connectivity index is 0.00000144. The average Bonchev–Trinajstić information content (AvgIpc) is 2.59. The molecule has 138 valence electrons. The van der Waals surface area contributed by atoms with Crippen molar-refractivity contribution in [2.24, 2.45) is 5.92 Å². The van der Waals surface area contributed by atoms with E-state index in [1.807, 2.05) is 6.07 Å². The lowest BCUT2D eigenvalue weighted by molar-refractivity contribution is 0.103. The molecule has 1 atom stereocenters. The van der Waals surface area contributed by atoms with Gasteiger partial charge in [0.15, 0.2) is 0 Å². The topological polar surface area (TPSA) is 24.5 Å². The van der Waals surface area contributed by atoms with Gasteiger partial charge in [0.1, 0.15) is 5.75 Å². The molecule has 1 aliphatic carbocycles. The van der Waals surface area contributed by atoms with Crippen LogP contribution in [0.25, 0.3) is 0 Å². The highest BCUT2D eigenvalue weighted by Crippen LogP contribution is 2.42. The maximum absolute atomic E-state index is 5.48. The summed E-state index contributed by atoms with van der Waals surface area (Å²) in [6, 6.07) is 6.95. The Kier molecular flexibility index (Phi) is 9.98. The third kappa shape index (κ3) is 5.25. The second kappa shape index (κ2) is 10.9. The molecule has 1 aromatic carbocycles. The van der Waals surface area contributed by atoms with Crippen molar-refractivity contribution in [3.8, 4) is 5.75 Å². The Bertz CT molecular complexity index is 474. The third-order valence-electron chi connectivity index (χ3n) is 5.16. The summed E-state index contributed by atoms with van der Waals surface area (Å²) in [7, 11) is 1.76. The molecule has 0 unspecified atom stereocenters. The molecule has 6 heteroatoms. The maximum Gasteiger partial charge on any atom is 0.119 e. The van der Waals surface area contributed by atoms with Gasteiger partial charge in [-0.05, 0) is 42.5 Å². The monoisotopic (exact) mass is 438 g/mol. The molecule has 2 aliphatic rings. The predicted molar refractivity (Wildman–Crippen MR) is 109 cm³/mol. The van der Waals surface area contributed by atoms with Crippen molar-refractivity contribution in [3.63, 3.8) is 0 Å². The minimum atomic E-state index is 0. The molecule has 1 heterocycles. The van der Waals surface area contributed by atoms with E-state index in [2.05, 4.69) is 38.3 Å². The normalized spacial score (nSPS) is 20.6. The van der Waals surface area contributed by atoms with Gasteiger partial charge in [0.25, 0.3) is 0 Å². The lowest BCUT2D eigenvalue weighted by Crippen LogP contribution is -2.47. The highest BCUT2D eigenvalue weighted by Gasteiger charge is 2.32. The summed E-state index contributed by atoms with van der Waals surface area (Å²) >= 11 is 3.80. The largest absolute Gasteiger partial charge is 0.497 e. The number of hydrogen-bond donors (Lipinski definition) is 1. The van der Waals surface area contributed by atoms with Crippen molar-refractivity contribution in [1.29, 1.82) is 0 Å². The maximum atomic E-state index is 5.48. The molecule has 0 bridgehead atoms. The van der Waals surface area contributed by atoms with Gasteiger partial charge in [-0.2, -0.15) is 0 Å². The molecule has 0 spiro atoms. The number of benzene rings is 1. The Labute approximate surface area is 166 Å². The number of piperazine rings is 1. The molecule has 1 aliphatic heterocycles. The summed E-state index contributed by atoms with van der Waals surface area (Å²) in [5.74, 6) is 1.74. The molecule has 1 saturated carbocycles. The molecule has 24 heavy (non-hydrogen) atoms. The first kappa shape index (κ1) is 22.0. The zero-order chi connectivity index (χ0) is 15.4. The second-order valence-corrected chi connectivity index (χ2v) is 7.37. The van der Waals surface area contributed by atoms with Gasteiger partial charge in [0, 0.05) is 36.7 Å². The summed E-state index contributed by atoms with van der Waals surface area (Å²) in [5, 5.41) is 3.48. The summed E-state index contributed by atoms with van der Waals surface area (Å²) < 4.78 is 6.71. The fourth-order valence-electron chi connectivity index (χ4n) is 4.03. The molecule has 0 aromatic heterocycles. The van der Waals surface area contributed by atoms with Crippen LogP contribution >= 0.6 is 40.7 Å². The van der Waals surface area contributed by atoms with Crippen molar-refractivity contribution in [2.45, 2.75) is 38.1 Å². The van der Waals surface area contributed by atoms with Gasteiger partial charge in [0.05, 0.1) is 7.11 Å². The zero-order valence-corrected chi connectivity index (χ0v) is 17.5. The minimum Gasteiger partial charge on any atom is -0.497 e. The minimum absolute atomic E-state index is 0. The molecule has 3 rings (SSSR count). The van der Waals surface area contributed by atoms with E-state index in [1.165, 1.54) is 42.1 Å². The summed E-state index contributed by atoms with van der Waals surface area (Å²) in [6.45, 7) is 4.49. The van der Waals surface area contributed by atoms with Crippen LogP contribution in [0.15, 0.2) is 22.7 Å². The van der Waals surface area contributed by atoms with Crippen LogP contribution in [0.4, 0.5) is 0 Å². The SMILES string of the molecule is COc1ccc(Br)c([C@@H](C2CCCCC2)N2CCNCC2)c1.Cl.Cl. The van der Waals surface area contributed by atoms with E-state index in [0.29, 0.717) is 6.04 Å². The van der Waals surface area contributed by atoms with E-state index in [0.717, 1.165) is 37.8 Å². The molecule has 2 fully saturated rings. The van der Waals surface area contributed by atoms with E-state index in [1.54, 1.807) is 7.11 Å². The average molecular weight is 440 g/mol. The van der Waals surface area contributed by atoms with Crippen LogP contribution in [0, 0.1) is 5.92 Å². The molecular weight excluding hydrogens is 411 g/mol. The van der Waals surface area contributed by atoms with Crippen LogP contribution in [0.5, 0.6) is 5.75 Å². The number of hydrogen-bond acceptors (Lipinski definition) is 3. The van der Waals surface area contributed by atoms with Crippen molar-refractivity contribution in [3.05, 3.63) is 28.2 Å². The van der Waals surface area contributed by atoms with Gasteiger partial charge in [-0.15, -0.1) is 24.8 Å². The summed E-state index contributed by atoms with van der Waals surface area (Å²) in [6.07, 6.45) is 6.89. The van der Waals surface area contributed by atoms with Crippen molar-refractivity contribution in [2.75, 3.05) is 33.3 Å². The predicted octanol–water partition coefficient (Wildman–Crippen LogP) is 4.83. The van der Waals surface area contributed by atoms with Crippen molar-refractivity contribution in [1.82, 2.24) is 10.2 Å². The standard InChI is InChI=1S/C18H27BrN2O.2ClH/c1-22-15-7-8-17(19)16(13-15)18(14-5-3-2-4-6-14)21-11-9-20-10-12-21;;/h7-8,13-14,18,20H,2-6,9-12H2,1H3;2*1H/t18-;;/m1../s1. The van der Waals surface area contributed by atoms with E-state index in [4.69, 9.17) is 4.74 Å². The highest BCUT2D eigenvalue weighted by atomic mass is 79.9. The van der Waals surface area contributed by atoms with Crippen LogP contribution < -0.4 is 10.1 Å². The Morgan fingerprint density at radius 1 is 1.12 bits per heavy atom. The first-order chi connectivity index (χ1) is 10.8. The summed E-state index contributed by atoms with van der Waals surface area (Å²) in [5.41, 5.74) is 1.41. The third-order valence-corrected chi connectivity index (χ3v) is 5.89. The van der Waals surface area contributed by atoms with Crippen molar-refractivity contribution >= 4 is 40.7 Å². The van der Waals surface area contributed by atoms with Gasteiger partial charge < -0.3 is 10.1 Å². The quantitative estimate of drug-likeness (QED) is 0.727. The molecule has 1 N–H and O–H groups in total. The molecule has 1 saturated heterocycles. The van der Waals surface area contributed by atoms with Gasteiger partial charge in [-0.1, -0.05) is 35.2 Å². The Hall–Kier alpha value is -0.000000000000000111. The van der Waals surface area contributed by atoms with Crippen LogP contribution in [-0.2, 0) is 0 Å². The first-order valence-electron chi connectivity index (χ1n) is 8.58. The van der Waals surface area contributed by atoms with Crippen LogP contribution in [0.3, 0.4) is 0 Å². The van der Waals surface area contributed by atoms with E-state index in [-0.39, 0.29) is 24.8 Å². The lowest BCUT2D eigenvalue weighted by atomic mass is 9.80. The number of nitrogens with one attached hydrogen (secondary N) is 1. The number of ether oxygens (including phenoxy) is 1. The van der Waals surface area contributed by atoms with Crippen LogP contribution in [0.2, 0.25) is 0 Å². The number of halogens is 3. The van der Waals surface area contributed by atoms with E-state index >= 15 is 0 Å². The smallest absolute Gasteiger partial charge is 0.119 e. The van der Waals surface area contributed by atoms with E-state index in [9.17, 15) is 0 Å². The van der Waals surface area contributed by atoms with Crippen LogP contribution in [0.1, 0.15) is 43.7 Å². The number of rotatable bonds is 4. The molecule has 1 aromatic rings. The lowest BCUT2D eigenvalue weighted by Gasteiger charge is -2.41. The van der Waals surface area contributed by atoms with Gasteiger partial charge >= 0.3 is 0 Å². The molecular formula is C18H29BrCl2N2O. The second-order valence-electron chi connectivity index (χ2n) is 6.52. The fourth-order valence-corrected chi connectivity index (χ4v) is 4.52. The Morgan fingerprint density at radius 3 is 2.42 bits per heavy atom. The molecule has 3 nitrogen and oxygen atoms in total. The van der Waals surface area contributed by atoms with Gasteiger partial charge in [-0.25, -0.2) is 0 Å². The van der Waals surface area contributed by atoms with Crippen LogP contribution in [-0.4, -0.2) is 38.2 Å². The number of methoxy groups -OCH3 is 1. The first-order valence-corrected chi connectivity index (χ1v) is 9.37. The number of nitrogens with zero attached hydrogens (tertiary/aromatic N) is 1. The summed E-state index contributed by atoms with van der Waals surface area (Å²) in [4.78, 5) is 2.69.